The molecule has 0 fully saturated rings. The van der Waals surface area contributed by atoms with Gasteiger partial charge in [0.15, 0.2) is 0 Å². The van der Waals surface area contributed by atoms with E-state index in [2.05, 4.69) is 20.6 Å². The highest BCUT2D eigenvalue weighted by atomic mass is 19.1. The third-order valence-electron chi connectivity index (χ3n) is 4.36. The molecule has 1 aromatic heterocycles. The van der Waals surface area contributed by atoms with Gasteiger partial charge >= 0.3 is 0 Å². The first kappa shape index (κ1) is 16.1. The number of para-hydroxylation sites is 2. The van der Waals surface area contributed by atoms with Crippen molar-refractivity contribution in [3.63, 3.8) is 0 Å². The lowest BCUT2D eigenvalue weighted by Gasteiger charge is -2.09. The first-order valence-corrected chi connectivity index (χ1v) is 8.48. The second-order valence-electron chi connectivity index (χ2n) is 6.10. The second kappa shape index (κ2) is 6.88. The highest BCUT2D eigenvalue weighted by Crippen LogP contribution is 2.25. The van der Waals surface area contributed by atoms with Crippen LogP contribution >= 0.6 is 0 Å². The minimum atomic E-state index is -0.296. The number of imidazole rings is 1. The molecule has 0 spiro atoms. The van der Waals surface area contributed by atoms with Gasteiger partial charge in [-0.2, -0.15) is 0 Å². The van der Waals surface area contributed by atoms with Gasteiger partial charge in [0.1, 0.15) is 11.6 Å². The Balaban J connectivity index is 1.51. The van der Waals surface area contributed by atoms with Crippen molar-refractivity contribution in [2.75, 3.05) is 17.7 Å². The summed E-state index contributed by atoms with van der Waals surface area (Å²) in [7, 11) is 1.88. The average molecular weight is 346 g/mol. The summed E-state index contributed by atoms with van der Waals surface area (Å²) in [4.78, 5) is 7.74. The topological polar surface area (TPSA) is 52.7 Å². The summed E-state index contributed by atoms with van der Waals surface area (Å²) in [6.45, 7) is 0.560. The summed E-state index contributed by atoms with van der Waals surface area (Å²) in [6, 6.07) is 20.9. The van der Waals surface area contributed by atoms with Crippen LogP contribution in [0, 0.1) is 5.82 Å². The first-order valence-electron chi connectivity index (χ1n) is 8.48. The third-order valence-corrected chi connectivity index (χ3v) is 4.36. The zero-order valence-corrected chi connectivity index (χ0v) is 14.4. The molecule has 26 heavy (non-hydrogen) atoms. The molecule has 0 aliphatic rings. The Morgan fingerprint density at radius 1 is 1.00 bits per heavy atom. The van der Waals surface area contributed by atoms with E-state index in [0.717, 1.165) is 27.8 Å². The normalized spacial score (nSPS) is 10.8. The molecule has 3 N–H and O–H groups in total. The molecule has 3 aromatic carbocycles. The summed E-state index contributed by atoms with van der Waals surface area (Å²) < 4.78 is 14.5. The smallest absolute Gasteiger partial charge is 0.147 e. The van der Waals surface area contributed by atoms with E-state index < -0.39 is 0 Å². The maximum absolute atomic E-state index is 14.5. The van der Waals surface area contributed by atoms with E-state index in [1.165, 1.54) is 6.07 Å². The van der Waals surface area contributed by atoms with Crippen LogP contribution in [0.15, 0.2) is 66.7 Å². The molecule has 4 nitrogen and oxygen atoms in total. The lowest BCUT2D eigenvalue weighted by molar-refractivity contribution is 0.630. The Hall–Kier alpha value is -3.34. The molecule has 0 unspecified atom stereocenters. The number of aromatic nitrogens is 2. The Morgan fingerprint density at radius 3 is 2.54 bits per heavy atom. The molecular weight excluding hydrogens is 327 g/mol. The molecule has 130 valence electrons. The molecule has 0 atom stereocenters. The first-order chi connectivity index (χ1) is 12.7. The van der Waals surface area contributed by atoms with E-state index in [9.17, 15) is 4.39 Å². The third kappa shape index (κ3) is 3.24. The van der Waals surface area contributed by atoms with Gasteiger partial charge in [-0.3, -0.25) is 0 Å². The molecule has 5 heteroatoms. The Morgan fingerprint density at radius 2 is 1.81 bits per heavy atom. The van der Waals surface area contributed by atoms with Crippen LogP contribution in [0.1, 0.15) is 5.56 Å². The van der Waals surface area contributed by atoms with Gasteiger partial charge in [-0.15, -0.1) is 0 Å². The van der Waals surface area contributed by atoms with Crippen LogP contribution in [0.5, 0.6) is 0 Å². The van der Waals surface area contributed by atoms with Crippen molar-refractivity contribution in [3.05, 3.63) is 78.1 Å². The number of aromatic amines is 1. The second-order valence-corrected chi connectivity index (χ2v) is 6.10. The fraction of sp³-hybridized carbons (Fsp3) is 0.0952. The number of hydrogen-bond acceptors (Lipinski definition) is 3. The number of benzene rings is 3. The number of nitrogens with one attached hydrogen (secondary N) is 3. The van der Waals surface area contributed by atoms with Gasteiger partial charge in [0.05, 0.1) is 16.7 Å². The van der Waals surface area contributed by atoms with Gasteiger partial charge in [0.25, 0.3) is 0 Å². The molecular formula is C21H19FN4. The molecule has 0 aliphatic heterocycles. The van der Waals surface area contributed by atoms with Gasteiger partial charge in [-0.25, -0.2) is 9.37 Å². The fourth-order valence-corrected chi connectivity index (χ4v) is 2.88. The average Bonchev–Trinajstić information content (AvgIpc) is 3.11. The predicted molar refractivity (Wildman–Crippen MR) is 105 cm³/mol. The van der Waals surface area contributed by atoms with Crippen molar-refractivity contribution in [1.82, 2.24) is 9.97 Å². The molecule has 0 saturated carbocycles. The Kier molecular flexibility index (Phi) is 4.27. The van der Waals surface area contributed by atoms with Crippen molar-refractivity contribution in [3.8, 4) is 11.4 Å². The lowest BCUT2D eigenvalue weighted by Crippen LogP contribution is -2.02. The van der Waals surface area contributed by atoms with E-state index in [0.29, 0.717) is 18.1 Å². The molecule has 0 radical (unpaired) electrons. The molecule has 0 saturated heterocycles. The summed E-state index contributed by atoms with van der Waals surface area (Å²) in [5.41, 5.74) is 5.15. The van der Waals surface area contributed by atoms with Crippen molar-refractivity contribution in [2.45, 2.75) is 6.54 Å². The molecule has 1 heterocycles. The van der Waals surface area contributed by atoms with Gasteiger partial charge in [-0.05, 0) is 48.0 Å². The minimum absolute atomic E-state index is 0.296. The molecule has 4 rings (SSSR count). The van der Waals surface area contributed by atoms with Crippen LogP contribution in [-0.2, 0) is 6.54 Å². The number of nitrogens with zero attached hydrogens (tertiary/aromatic N) is 1. The van der Waals surface area contributed by atoms with E-state index in [1.54, 1.807) is 6.07 Å². The standard InChI is InChI=1S/C21H19FN4/c1-23-16-9-6-14(7-10-16)13-24-18-11-8-15(12-17(18)22)21-25-19-4-2-3-5-20(19)26-21/h2-12,23-24H,13H2,1H3,(H,25,26). The number of rotatable bonds is 5. The van der Waals surface area contributed by atoms with Crippen molar-refractivity contribution < 1.29 is 4.39 Å². The van der Waals surface area contributed by atoms with Crippen molar-refractivity contribution in [1.29, 1.82) is 0 Å². The van der Waals surface area contributed by atoms with Gasteiger partial charge in [0, 0.05) is 24.8 Å². The van der Waals surface area contributed by atoms with Crippen LogP contribution in [-0.4, -0.2) is 17.0 Å². The lowest BCUT2D eigenvalue weighted by atomic mass is 10.1. The van der Waals surface area contributed by atoms with Gasteiger partial charge < -0.3 is 15.6 Å². The summed E-state index contributed by atoms with van der Waals surface area (Å²) in [5, 5.41) is 6.23. The van der Waals surface area contributed by atoms with E-state index in [-0.39, 0.29) is 5.82 Å². The zero-order chi connectivity index (χ0) is 17.9. The van der Waals surface area contributed by atoms with Gasteiger partial charge in [-0.1, -0.05) is 24.3 Å². The summed E-state index contributed by atoms with van der Waals surface area (Å²) >= 11 is 0. The van der Waals surface area contributed by atoms with Crippen LogP contribution in [0.3, 0.4) is 0 Å². The SMILES string of the molecule is CNc1ccc(CNc2ccc(-c3nc4ccccc4[nH]3)cc2F)cc1. The highest BCUT2D eigenvalue weighted by Gasteiger charge is 2.09. The quantitative estimate of drug-likeness (QED) is 0.475. The van der Waals surface area contributed by atoms with Crippen molar-refractivity contribution in [2.24, 2.45) is 0 Å². The Labute approximate surface area is 151 Å². The molecule has 0 aliphatic carbocycles. The van der Waals surface area contributed by atoms with Gasteiger partial charge in [0.2, 0.25) is 0 Å². The van der Waals surface area contributed by atoms with E-state index >= 15 is 0 Å². The monoisotopic (exact) mass is 346 g/mol. The van der Waals surface area contributed by atoms with Crippen molar-refractivity contribution >= 4 is 22.4 Å². The highest BCUT2D eigenvalue weighted by molar-refractivity contribution is 5.79. The molecule has 0 amide bonds. The van der Waals surface area contributed by atoms with Crippen LogP contribution < -0.4 is 10.6 Å². The largest absolute Gasteiger partial charge is 0.388 e. The minimum Gasteiger partial charge on any atom is -0.388 e. The summed E-state index contributed by atoms with van der Waals surface area (Å²) in [6.07, 6.45) is 0. The van der Waals surface area contributed by atoms with Crippen LogP contribution in [0.4, 0.5) is 15.8 Å². The number of hydrogen-bond donors (Lipinski definition) is 3. The zero-order valence-electron chi connectivity index (χ0n) is 14.4. The van der Waals surface area contributed by atoms with E-state index in [4.69, 9.17) is 0 Å². The number of fused-ring (bicyclic) bond motifs is 1. The maximum Gasteiger partial charge on any atom is 0.147 e. The molecule has 0 bridgehead atoms. The number of halogens is 1. The molecule has 4 aromatic rings. The number of H-pyrrole nitrogens is 1. The van der Waals surface area contributed by atoms with E-state index in [1.807, 2.05) is 61.6 Å². The summed E-state index contributed by atoms with van der Waals surface area (Å²) in [5.74, 6) is 0.370. The predicted octanol–water partition coefficient (Wildman–Crippen LogP) is 5.02. The number of anilines is 2. The van der Waals surface area contributed by atoms with Crippen LogP contribution in [0.25, 0.3) is 22.4 Å². The maximum atomic E-state index is 14.5. The fourth-order valence-electron chi connectivity index (χ4n) is 2.88. The Bertz CT molecular complexity index is 1000. The van der Waals surface area contributed by atoms with Crippen LogP contribution in [0.2, 0.25) is 0 Å².